The van der Waals surface area contributed by atoms with Gasteiger partial charge in [0, 0.05) is 0 Å². The number of rotatable bonds is 4. The normalized spacial score (nSPS) is 13.5. The van der Waals surface area contributed by atoms with E-state index in [-0.39, 0.29) is 0 Å². The third kappa shape index (κ3) is 3.25. The van der Waals surface area contributed by atoms with Crippen LogP contribution in [-0.2, 0) is 6.42 Å². The monoisotopic (exact) mass is 196 g/mol. The predicted octanol–water partition coefficient (Wildman–Crippen LogP) is 4.06. The van der Waals surface area contributed by atoms with Crippen LogP contribution in [0.25, 0.3) is 0 Å². The molecular formula is C15H16. The van der Waals surface area contributed by atoms with Crippen LogP contribution in [0.3, 0.4) is 0 Å². The first-order valence-corrected chi connectivity index (χ1v) is 5.54. The number of benzene rings is 1. The molecule has 0 heterocycles. The van der Waals surface area contributed by atoms with Crippen molar-refractivity contribution >= 4 is 0 Å². The maximum absolute atomic E-state index is 2.31. The summed E-state index contributed by atoms with van der Waals surface area (Å²) in [5.74, 6) is 0. The van der Waals surface area contributed by atoms with Gasteiger partial charge in [0.15, 0.2) is 0 Å². The average molecular weight is 196 g/mol. The van der Waals surface area contributed by atoms with Crippen LogP contribution < -0.4 is 0 Å². The minimum Gasteiger partial charge on any atom is -0.0773 e. The summed E-state index contributed by atoms with van der Waals surface area (Å²) in [6.07, 6.45) is 14.4. The van der Waals surface area contributed by atoms with E-state index in [0.717, 1.165) is 0 Å². The number of allylic oxidation sites excluding steroid dienone is 6. The van der Waals surface area contributed by atoms with Crippen molar-refractivity contribution in [1.29, 1.82) is 0 Å². The van der Waals surface area contributed by atoms with E-state index < -0.39 is 0 Å². The van der Waals surface area contributed by atoms with Crippen LogP contribution in [0.2, 0.25) is 0 Å². The summed E-state index contributed by atoms with van der Waals surface area (Å²) >= 11 is 0. The second-order valence-corrected chi connectivity index (χ2v) is 3.80. The Morgan fingerprint density at radius 1 is 0.933 bits per heavy atom. The van der Waals surface area contributed by atoms with Gasteiger partial charge in [0.25, 0.3) is 0 Å². The third-order valence-corrected chi connectivity index (χ3v) is 2.58. The van der Waals surface area contributed by atoms with Gasteiger partial charge >= 0.3 is 0 Å². The molecule has 0 fully saturated rings. The smallest absolute Gasteiger partial charge is 0.0276 e. The van der Waals surface area contributed by atoms with Crippen LogP contribution in [0.5, 0.6) is 0 Å². The topological polar surface area (TPSA) is 0 Å². The van der Waals surface area contributed by atoms with Crippen LogP contribution in [0.4, 0.5) is 0 Å². The van der Waals surface area contributed by atoms with E-state index in [2.05, 4.69) is 60.7 Å². The second kappa shape index (κ2) is 5.35. The van der Waals surface area contributed by atoms with E-state index in [0.29, 0.717) is 0 Å². The molecule has 0 heteroatoms. The Kier molecular flexibility index (Phi) is 3.56. The molecule has 0 amide bonds. The fourth-order valence-electron chi connectivity index (χ4n) is 1.74. The Labute approximate surface area is 91.6 Å². The van der Waals surface area contributed by atoms with Gasteiger partial charge in [-0.15, -0.1) is 0 Å². The fraction of sp³-hybridized carbons (Fsp3) is 0.200. The van der Waals surface area contributed by atoms with E-state index in [9.17, 15) is 0 Å². The van der Waals surface area contributed by atoms with Crippen LogP contribution in [0, 0.1) is 0 Å². The zero-order chi connectivity index (χ0) is 10.3. The molecule has 1 aromatic rings. The summed E-state index contributed by atoms with van der Waals surface area (Å²) in [6.45, 7) is 0. The third-order valence-electron chi connectivity index (χ3n) is 2.58. The van der Waals surface area contributed by atoms with Crippen molar-refractivity contribution in [2.45, 2.75) is 19.3 Å². The van der Waals surface area contributed by atoms with Crippen molar-refractivity contribution in [3.8, 4) is 0 Å². The van der Waals surface area contributed by atoms with Gasteiger partial charge < -0.3 is 0 Å². The van der Waals surface area contributed by atoms with E-state index in [1.807, 2.05) is 0 Å². The molecular weight excluding hydrogens is 180 g/mol. The first-order chi connectivity index (χ1) is 7.45. The fourth-order valence-corrected chi connectivity index (χ4v) is 1.74. The second-order valence-electron chi connectivity index (χ2n) is 3.80. The molecule has 0 unspecified atom stereocenters. The summed E-state index contributed by atoms with van der Waals surface area (Å²) in [5, 5.41) is 0. The summed E-state index contributed by atoms with van der Waals surface area (Å²) in [5.41, 5.74) is 2.79. The molecule has 0 aliphatic heterocycles. The van der Waals surface area contributed by atoms with Gasteiger partial charge in [0.1, 0.15) is 0 Å². The van der Waals surface area contributed by atoms with Gasteiger partial charge in [-0.05, 0) is 30.4 Å². The molecule has 0 radical (unpaired) electrons. The molecule has 0 aromatic heterocycles. The van der Waals surface area contributed by atoms with Gasteiger partial charge in [-0.2, -0.15) is 0 Å². The molecule has 1 aliphatic carbocycles. The van der Waals surface area contributed by atoms with E-state index in [1.165, 1.54) is 30.4 Å². The maximum Gasteiger partial charge on any atom is -0.0276 e. The van der Waals surface area contributed by atoms with Crippen LogP contribution in [-0.4, -0.2) is 0 Å². The summed E-state index contributed by atoms with van der Waals surface area (Å²) < 4.78 is 0. The highest BCUT2D eigenvalue weighted by Gasteiger charge is 1.92. The van der Waals surface area contributed by atoms with Crippen LogP contribution >= 0.6 is 0 Å². The van der Waals surface area contributed by atoms with Crippen molar-refractivity contribution in [3.63, 3.8) is 0 Å². The Bertz CT molecular complexity index is 366. The number of unbranched alkanes of at least 4 members (excludes halogenated alkanes) is 1. The van der Waals surface area contributed by atoms with E-state index in [4.69, 9.17) is 0 Å². The van der Waals surface area contributed by atoms with Crippen molar-refractivity contribution in [2.24, 2.45) is 0 Å². The number of aryl methyl sites for hydroxylation is 1. The highest BCUT2D eigenvalue weighted by Crippen LogP contribution is 2.10. The van der Waals surface area contributed by atoms with Gasteiger partial charge in [-0.3, -0.25) is 0 Å². The van der Waals surface area contributed by atoms with Crippen molar-refractivity contribution in [3.05, 3.63) is 71.8 Å². The maximum atomic E-state index is 2.31. The predicted molar refractivity (Wildman–Crippen MR) is 65.7 cm³/mol. The zero-order valence-electron chi connectivity index (χ0n) is 8.89. The summed E-state index contributed by atoms with van der Waals surface area (Å²) in [4.78, 5) is 0. The molecule has 0 atom stereocenters. The lowest BCUT2D eigenvalue weighted by Gasteiger charge is -1.98. The largest absolute Gasteiger partial charge is 0.0773 e. The van der Waals surface area contributed by atoms with Crippen molar-refractivity contribution < 1.29 is 0 Å². The van der Waals surface area contributed by atoms with Crippen LogP contribution in [0.1, 0.15) is 18.4 Å². The number of hydrogen-bond acceptors (Lipinski definition) is 0. The molecule has 0 spiro atoms. The van der Waals surface area contributed by atoms with E-state index >= 15 is 0 Å². The molecule has 15 heavy (non-hydrogen) atoms. The van der Waals surface area contributed by atoms with Gasteiger partial charge in [-0.1, -0.05) is 60.7 Å². The van der Waals surface area contributed by atoms with Crippen molar-refractivity contribution in [1.82, 2.24) is 0 Å². The Morgan fingerprint density at radius 3 is 2.40 bits per heavy atom. The van der Waals surface area contributed by atoms with Gasteiger partial charge in [-0.25, -0.2) is 0 Å². The Morgan fingerprint density at radius 2 is 1.67 bits per heavy atom. The molecule has 0 nitrogen and oxygen atoms in total. The molecule has 1 aliphatic rings. The molecule has 0 bridgehead atoms. The summed E-state index contributed by atoms with van der Waals surface area (Å²) in [6, 6.07) is 10.7. The lowest BCUT2D eigenvalue weighted by atomic mass is 10.1. The molecule has 76 valence electrons. The minimum absolute atomic E-state index is 1.17. The molecule has 0 saturated heterocycles. The lowest BCUT2D eigenvalue weighted by molar-refractivity contribution is 0.841. The summed E-state index contributed by atoms with van der Waals surface area (Å²) in [7, 11) is 0. The quantitative estimate of drug-likeness (QED) is 0.637. The number of hydrogen-bond donors (Lipinski definition) is 0. The average Bonchev–Trinajstić information content (AvgIpc) is 2.79. The van der Waals surface area contributed by atoms with Crippen LogP contribution in [0.15, 0.2) is 66.3 Å². The zero-order valence-corrected chi connectivity index (χ0v) is 8.89. The van der Waals surface area contributed by atoms with E-state index in [1.54, 1.807) is 0 Å². The van der Waals surface area contributed by atoms with Gasteiger partial charge in [0.2, 0.25) is 0 Å². The SMILES string of the molecule is C1=CC(=CCCCc2ccccc2)C=C1. The molecule has 2 rings (SSSR count). The molecule has 0 saturated carbocycles. The van der Waals surface area contributed by atoms with Gasteiger partial charge in [0.05, 0.1) is 0 Å². The lowest BCUT2D eigenvalue weighted by Crippen LogP contribution is -1.83. The standard InChI is InChI=1S/C15H16/c1-2-8-14(9-3-1)10-4-5-11-15-12-6-7-13-15/h1-3,6-9,11-13H,4-5,10H2. The minimum atomic E-state index is 1.17. The van der Waals surface area contributed by atoms with Crippen molar-refractivity contribution in [2.75, 3.05) is 0 Å². The molecule has 1 aromatic carbocycles. The molecule has 0 N–H and O–H groups in total. The highest BCUT2D eigenvalue weighted by atomic mass is 14.0. The first kappa shape index (κ1) is 9.97. The first-order valence-electron chi connectivity index (χ1n) is 5.54. The highest BCUT2D eigenvalue weighted by molar-refractivity contribution is 5.39. The Balaban J connectivity index is 1.74. The Hall–Kier alpha value is -1.56.